The summed E-state index contributed by atoms with van der Waals surface area (Å²) in [5.41, 5.74) is 0.733. The number of hydrogen-bond donors (Lipinski definition) is 1. The largest absolute Gasteiger partial charge is 0.464 e. The molecule has 0 amide bonds. The minimum absolute atomic E-state index is 0.269. The molecule has 0 aromatic rings. The third-order valence-electron chi connectivity index (χ3n) is 2.21. The van der Waals surface area contributed by atoms with E-state index in [4.69, 9.17) is 9.47 Å². The Morgan fingerprint density at radius 3 is 2.69 bits per heavy atom. The molecule has 0 aromatic heterocycles. The second kappa shape index (κ2) is 6.15. The summed E-state index contributed by atoms with van der Waals surface area (Å²) in [4.78, 5) is 22.5. The summed E-state index contributed by atoms with van der Waals surface area (Å²) < 4.78 is 9.66. The van der Waals surface area contributed by atoms with Gasteiger partial charge in [0.25, 0.3) is 0 Å². The zero-order chi connectivity index (χ0) is 12.0. The van der Waals surface area contributed by atoms with Crippen LogP contribution in [0, 0.1) is 0 Å². The summed E-state index contributed by atoms with van der Waals surface area (Å²) >= 11 is 0. The van der Waals surface area contributed by atoms with Gasteiger partial charge in [0.05, 0.1) is 13.2 Å². The topological polar surface area (TPSA) is 64.6 Å². The van der Waals surface area contributed by atoms with E-state index in [9.17, 15) is 9.59 Å². The average molecular weight is 227 g/mol. The van der Waals surface area contributed by atoms with Gasteiger partial charge in [-0.15, -0.1) is 0 Å². The molecule has 1 rings (SSSR count). The molecule has 16 heavy (non-hydrogen) atoms. The molecule has 1 atom stereocenters. The van der Waals surface area contributed by atoms with Crippen LogP contribution in [0.25, 0.3) is 0 Å². The maximum atomic E-state index is 11.4. The van der Waals surface area contributed by atoms with Gasteiger partial charge >= 0.3 is 11.9 Å². The lowest BCUT2D eigenvalue weighted by Gasteiger charge is -2.09. The highest BCUT2D eigenvalue weighted by Gasteiger charge is 2.26. The molecule has 0 spiro atoms. The van der Waals surface area contributed by atoms with Crippen molar-refractivity contribution in [2.24, 2.45) is 0 Å². The third kappa shape index (κ3) is 3.56. The van der Waals surface area contributed by atoms with Crippen LogP contribution in [0.3, 0.4) is 0 Å². The van der Waals surface area contributed by atoms with E-state index < -0.39 is 0 Å². The number of nitrogens with one attached hydrogen (secondary N) is 1. The predicted molar refractivity (Wildman–Crippen MR) is 57.5 cm³/mol. The fraction of sp³-hybridized carbons (Fsp3) is 0.636. The van der Waals surface area contributed by atoms with Gasteiger partial charge in [-0.25, -0.2) is 9.59 Å². The molecule has 0 aliphatic carbocycles. The molecule has 5 heteroatoms. The summed E-state index contributed by atoms with van der Waals surface area (Å²) in [5, 5.41) is 2.95. The molecule has 1 heterocycles. The first kappa shape index (κ1) is 12.5. The second-order valence-corrected chi connectivity index (χ2v) is 3.41. The molecule has 0 bridgehead atoms. The zero-order valence-corrected chi connectivity index (χ0v) is 9.62. The van der Waals surface area contributed by atoms with Gasteiger partial charge in [0.15, 0.2) is 0 Å². The molecule has 5 nitrogen and oxygen atoms in total. The van der Waals surface area contributed by atoms with Crippen molar-refractivity contribution in [3.8, 4) is 0 Å². The van der Waals surface area contributed by atoms with E-state index in [0.717, 1.165) is 5.70 Å². The van der Waals surface area contributed by atoms with Gasteiger partial charge in [-0.3, -0.25) is 0 Å². The quantitative estimate of drug-likeness (QED) is 0.567. The Labute approximate surface area is 94.8 Å². The fourth-order valence-corrected chi connectivity index (χ4v) is 1.53. The number of carbonyl (C=O) groups excluding carboxylic acids is 2. The molecule has 1 aliphatic heterocycles. The van der Waals surface area contributed by atoms with Crippen molar-refractivity contribution in [2.75, 3.05) is 13.2 Å². The average Bonchev–Trinajstić information content (AvgIpc) is 2.67. The summed E-state index contributed by atoms with van der Waals surface area (Å²) in [6.07, 6.45) is 2.72. The number of allylic oxidation sites excluding steroid dienone is 1. The molecule has 1 fully saturated rings. The Hall–Kier alpha value is -1.52. The molecular formula is C11H17NO4. The lowest BCUT2D eigenvalue weighted by atomic mass is 10.2. The molecule has 0 saturated carbocycles. The summed E-state index contributed by atoms with van der Waals surface area (Å²) in [6.45, 7) is 4.24. The molecule has 0 radical (unpaired) electrons. The van der Waals surface area contributed by atoms with E-state index in [1.54, 1.807) is 13.8 Å². The summed E-state index contributed by atoms with van der Waals surface area (Å²) in [6, 6.07) is -0.333. The first-order chi connectivity index (χ1) is 7.67. The standard InChI is InChI=1S/C11H17NO4/c1-3-15-10(13)7-8-5-6-9(12-8)11(14)16-4-2/h7,9,12H,3-6H2,1-2H3/b8-7-/t9-/m0/s1. The monoisotopic (exact) mass is 227 g/mol. The van der Waals surface area contributed by atoms with Gasteiger partial charge in [0.2, 0.25) is 0 Å². The van der Waals surface area contributed by atoms with Gasteiger partial charge in [-0.2, -0.15) is 0 Å². The second-order valence-electron chi connectivity index (χ2n) is 3.41. The van der Waals surface area contributed by atoms with Crippen molar-refractivity contribution < 1.29 is 19.1 Å². The highest BCUT2D eigenvalue weighted by Crippen LogP contribution is 2.16. The zero-order valence-electron chi connectivity index (χ0n) is 9.62. The Morgan fingerprint density at radius 1 is 1.38 bits per heavy atom. The van der Waals surface area contributed by atoms with Crippen LogP contribution >= 0.6 is 0 Å². The number of esters is 2. The first-order valence-corrected chi connectivity index (χ1v) is 5.47. The van der Waals surface area contributed by atoms with Crippen molar-refractivity contribution in [2.45, 2.75) is 32.7 Å². The van der Waals surface area contributed by atoms with Gasteiger partial charge in [-0.05, 0) is 26.7 Å². The molecule has 0 aromatic carbocycles. The molecule has 90 valence electrons. The first-order valence-electron chi connectivity index (χ1n) is 5.47. The molecule has 1 aliphatic rings. The van der Waals surface area contributed by atoms with Crippen LogP contribution in [0.5, 0.6) is 0 Å². The van der Waals surface area contributed by atoms with Crippen LogP contribution < -0.4 is 5.32 Å². The SMILES string of the molecule is CCOC(=O)/C=C1/CC[C@@H](C(=O)OCC)N1. The van der Waals surface area contributed by atoms with Crippen LogP contribution in [0.2, 0.25) is 0 Å². The van der Waals surface area contributed by atoms with Crippen LogP contribution in [0.1, 0.15) is 26.7 Å². The number of hydrogen-bond acceptors (Lipinski definition) is 5. The van der Waals surface area contributed by atoms with Crippen molar-refractivity contribution >= 4 is 11.9 Å². The minimum Gasteiger partial charge on any atom is -0.464 e. The fourth-order valence-electron chi connectivity index (χ4n) is 1.53. The normalized spacial score (nSPS) is 21.6. The molecular weight excluding hydrogens is 210 g/mol. The minimum atomic E-state index is -0.380. The highest BCUT2D eigenvalue weighted by molar-refractivity contribution is 5.83. The molecule has 1 saturated heterocycles. The predicted octanol–water partition coefficient (Wildman–Crippen LogP) is 0.748. The maximum absolute atomic E-state index is 11.4. The van der Waals surface area contributed by atoms with E-state index >= 15 is 0 Å². The van der Waals surface area contributed by atoms with Crippen LogP contribution in [-0.2, 0) is 19.1 Å². The van der Waals surface area contributed by atoms with Crippen molar-refractivity contribution in [1.29, 1.82) is 0 Å². The lowest BCUT2D eigenvalue weighted by Crippen LogP contribution is -2.31. The maximum Gasteiger partial charge on any atom is 0.332 e. The summed E-state index contributed by atoms with van der Waals surface area (Å²) in [5.74, 6) is -0.649. The van der Waals surface area contributed by atoms with E-state index in [2.05, 4.69) is 5.32 Å². The van der Waals surface area contributed by atoms with Crippen LogP contribution in [0.15, 0.2) is 11.8 Å². The Bertz CT molecular complexity index is 298. The Balaban J connectivity index is 2.45. The summed E-state index contributed by atoms with van der Waals surface area (Å²) in [7, 11) is 0. The van der Waals surface area contributed by atoms with Crippen molar-refractivity contribution in [1.82, 2.24) is 5.32 Å². The number of rotatable bonds is 4. The van der Waals surface area contributed by atoms with Crippen LogP contribution in [-0.4, -0.2) is 31.2 Å². The van der Waals surface area contributed by atoms with Crippen LogP contribution in [0.4, 0.5) is 0 Å². The smallest absolute Gasteiger partial charge is 0.332 e. The van der Waals surface area contributed by atoms with Gasteiger partial charge < -0.3 is 14.8 Å². The Kier molecular flexibility index (Phi) is 4.82. The van der Waals surface area contributed by atoms with Gasteiger partial charge in [0, 0.05) is 11.8 Å². The van der Waals surface area contributed by atoms with E-state index in [-0.39, 0.29) is 18.0 Å². The van der Waals surface area contributed by atoms with E-state index in [1.165, 1.54) is 6.08 Å². The third-order valence-corrected chi connectivity index (χ3v) is 2.21. The molecule has 1 N–H and O–H groups in total. The number of carbonyl (C=O) groups is 2. The van der Waals surface area contributed by atoms with Crippen molar-refractivity contribution in [3.05, 3.63) is 11.8 Å². The highest BCUT2D eigenvalue weighted by atomic mass is 16.5. The molecule has 0 unspecified atom stereocenters. The van der Waals surface area contributed by atoms with E-state index in [0.29, 0.717) is 26.1 Å². The van der Waals surface area contributed by atoms with Gasteiger partial charge in [0.1, 0.15) is 6.04 Å². The Morgan fingerprint density at radius 2 is 2.06 bits per heavy atom. The lowest BCUT2D eigenvalue weighted by molar-refractivity contribution is -0.145. The van der Waals surface area contributed by atoms with Gasteiger partial charge in [-0.1, -0.05) is 0 Å². The van der Waals surface area contributed by atoms with E-state index in [1.807, 2.05) is 0 Å². The van der Waals surface area contributed by atoms with Crippen molar-refractivity contribution in [3.63, 3.8) is 0 Å². The number of ether oxygens (including phenoxy) is 2.